The number of hydrogen-bond donors (Lipinski definition) is 2. The fourth-order valence-corrected chi connectivity index (χ4v) is 1.31. The van der Waals surface area contributed by atoms with E-state index in [0.29, 0.717) is 18.3 Å². The minimum Gasteiger partial charge on any atom is -0.347 e. The monoisotopic (exact) mass is 234 g/mol. The Labute approximate surface area is 99.2 Å². The molecule has 2 N–H and O–H groups in total. The summed E-state index contributed by atoms with van der Waals surface area (Å²) in [6.07, 6.45) is 1.10. The predicted octanol–water partition coefficient (Wildman–Crippen LogP) is 0.177. The molecule has 0 saturated heterocycles. The van der Waals surface area contributed by atoms with Gasteiger partial charge in [0.2, 0.25) is 12.3 Å². The minimum absolute atomic E-state index is 0.405. The molecule has 0 heterocycles. The van der Waals surface area contributed by atoms with Crippen LogP contribution in [0, 0.1) is 0 Å². The summed E-state index contributed by atoms with van der Waals surface area (Å²) in [5, 5.41) is 4.86. The summed E-state index contributed by atoms with van der Waals surface area (Å²) in [5.41, 5.74) is 0.703. The summed E-state index contributed by atoms with van der Waals surface area (Å²) >= 11 is 0. The van der Waals surface area contributed by atoms with Crippen molar-refractivity contribution in [1.82, 2.24) is 10.6 Å². The summed E-state index contributed by atoms with van der Waals surface area (Å²) < 4.78 is 0. The van der Waals surface area contributed by atoms with E-state index in [9.17, 15) is 14.4 Å². The third-order valence-electron chi connectivity index (χ3n) is 2.30. The summed E-state index contributed by atoms with van der Waals surface area (Å²) in [6, 6.07) is 7.52. The van der Waals surface area contributed by atoms with Gasteiger partial charge in [-0.2, -0.15) is 0 Å². The molecule has 0 aliphatic heterocycles. The van der Waals surface area contributed by atoms with Gasteiger partial charge >= 0.3 is 0 Å². The van der Waals surface area contributed by atoms with Gasteiger partial charge in [0.15, 0.2) is 0 Å². The molecule has 17 heavy (non-hydrogen) atoms. The molecule has 0 spiro atoms. The van der Waals surface area contributed by atoms with E-state index in [1.54, 1.807) is 24.3 Å². The first-order valence-corrected chi connectivity index (χ1v) is 5.19. The number of aldehydes is 1. The van der Waals surface area contributed by atoms with Crippen LogP contribution in [0.3, 0.4) is 0 Å². The number of nitrogens with one attached hydrogen (secondary N) is 2. The van der Waals surface area contributed by atoms with Gasteiger partial charge in [-0.3, -0.25) is 9.59 Å². The van der Waals surface area contributed by atoms with Gasteiger partial charge in [0.25, 0.3) is 0 Å². The molecule has 2 unspecified atom stereocenters. The third-order valence-corrected chi connectivity index (χ3v) is 2.30. The Morgan fingerprint density at radius 1 is 1.24 bits per heavy atom. The molecule has 1 rings (SSSR count). The van der Waals surface area contributed by atoms with Gasteiger partial charge in [0, 0.05) is 0 Å². The van der Waals surface area contributed by atoms with E-state index in [0.717, 1.165) is 0 Å². The molecular formula is C12H14N2O3. The molecule has 1 aromatic rings. The Balaban J connectivity index is 2.68. The second kappa shape index (κ2) is 6.42. The SMILES string of the molecule is CC(NC=O)C(=O)NC(C=O)c1ccccc1. The molecule has 0 aromatic heterocycles. The minimum atomic E-state index is -0.695. The molecule has 0 bridgehead atoms. The summed E-state index contributed by atoms with van der Waals surface area (Å²) in [5.74, 6) is -0.405. The highest BCUT2D eigenvalue weighted by Crippen LogP contribution is 2.09. The van der Waals surface area contributed by atoms with Gasteiger partial charge in [0.05, 0.1) is 0 Å². The Morgan fingerprint density at radius 2 is 1.88 bits per heavy atom. The first kappa shape index (κ1) is 12.9. The van der Waals surface area contributed by atoms with Crippen LogP contribution in [0.2, 0.25) is 0 Å². The number of hydrogen-bond acceptors (Lipinski definition) is 3. The smallest absolute Gasteiger partial charge is 0.243 e. The molecule has 2 amide bonds. The second-order valence-electron chi connectivity index (χ2n) is 3.54. The second-order valence-corrected chi connectivity index (χ2v) is 3.54. The molecule has 2 atom stereocenters. The number of carbonyl (C=O) groups excluding carboxylic acids is 3. The lowest BCUT2D eigenvalue weighted by Gasteiger charge is -2.16. The lowest BCUT2D eigenvalue weighted by molar-refractivity contribution is -0.127. The first-order valence-electron chi connectivity index (χ1n) is 5.19. The topological polar surface area (TPSA) is 75.3 Å². The third kappa shape index (κ3) is 3.71. The maximum Gasteiger partial charge on any atom is 0.243 e. The predicted molar refractivity (Wildman–Crippen MR) is 62.1 cm³/mol. The molecule has 5 nitrogen and oxygen atoms in total. The van der Waals surface area contributed by atoms with E-state index >= 15 is 0 Å². The van der Waals surface area contributed by atoms with Crippen molar-refractivity contribution in [2.24, 2.45) is 0 Å². The molecule has 0 radical (unpaired) electrons. The Morgan fingerprint density at radius 3 is 2.41 bits per heavy atom. The van der Waals surface area contributed by atoms with E-state index < -0.39 is 18.0 Å². The number of benzene rings is 1. The summed E-state index contributed by atoms with van der Waals surface area (Å²) in [7, 11) is 0. The van der Waals surface area contributed by atoms with Crippen LogP contribution in [0.4, 0.5) is 0 Å². The molecule has 90 valence electrons. The number of rotatable bonds is 6. The van der Waals surface area contributed by atoms with Crippen molar-refractivity contribution in [2.45, 2.75) is 19.0 Å². The van der Waals surface area contributed by atoms with E-state index in [-0.39, 0.29) is 0 Å². The molecule has 0 saturated carbocycles. The molecular weight excluding hydrogens is 220 g/mol. The summed E-state index contributed by atoms with van der Waals surface area (Å²) in [4.78, 5) is 32.7. The van der Waals surface area contributed by atoms with Gasteiger partial charge in [0.1, 0.15) is 18.4 Å². The fourth-order valence-electron chi connectivity index (χ4n) is 1.31. The maximum absolute atomic E-state index is 11.6. The van der Waals surface area contributed by atoms with Crippen LogP contribution in [-0.2, 0) is 14.4 Å². The van der Waals surface area contributed by atoms with Gasteiger partial charge in [-0.05, 0) is 12.5 Å². The zero-order chi connectivity index (χ0) is 12.7. The van der Waals surface area contributed by atoms with Gasteiger partial charge in [-0.15, -0.1) is 0 Å². The van der Waals surface area contributed by atoms with Crippen molar-refractivity contribution in [3.8, 4) is 0 Å². The van der Waals surface area contributed by atoms with Crippen LogP contribution >= 0.6 is 0 Å². The number of amides is 2. The Bertz CT molecular complexity index is 392. The zero-order valence-corrected chi connectivity index (χ0v) is 9.42. The first-order chi connectivity index (χ1) is 8.19. The largest absolute Gasteiger partial charge is 0.347 e. The van der Waals surface area contributed by atoms with Crippen molar-refractivity contribution in [3.05, 3.63) is 35.9 Å². The van der Waals surface area contributed by atoms with Gasteiger partial charge < -0.3 is 15.4 Å². The highest BCUT2D eigenvalue weighted by molar-refractivity contribution is 5.85. The van der Waals surface area contributed by atoms with Crippen LogP contribution in [0.5, 0.6) is 0 Å². The Hall–Kier alpha value is -2.17. The molecule has 1 aromatic carbocycles. The quantitative estimate of drug-likeness (QED) is 0.689. The van der Waals surface area contributed by atoms with Crippen LogP contribution in [0.15, 0.2) is 30.3 Å². The van der Waals surface area contributed by atoms with E-state index in [4.69, 9.17) is 0 Å². The standard InChI is InChI=1S/C12H14N2O3/c1-9(13-8-16)12(17)14-11(7-15)10-5-3-2-4-6-10/h2-9,11H,1H3,(H,13,16)(H,14,17). The molecule has 0 aliphatic rings. The number of carbonyl (C=O) groups is 3. The van der Waals surface area contributed by atoms with Crippen LogP contribution in [-0.4, -0.2) is 24.6 Å². The van der Waals surface area contributed by atoms with Crippen molar-refractivity contribution in [3.63, 3.8) is 0 Å². The van der Waals surface area contributed by atoms with Crippen molar-refractivity contribution >= 4 is 18.6 Å². The van der Waals surface area contributed by atoms with Crippen molar-refractivity contribution in [1.29, 1.82) is 0 Å². The van der Waals surface area contributed by atoms with Crippen LogP contribution in [0.25, 0.3) is 0 Å². The maximum atomic E-state index is 11.6. The zero-order valence-electron chi connectivity index (χ0n) is 9.42. The van der Waals surface area contributed by atoms with E-state index in [1.807, 2.05) is 6.07 Å². The molecule has 0 aliphatic carbocycles. The molecule has 5 heteroatoms. The van der Waals surface area contributed by atoms with Gasteiger partial charge in [-0.1, -0.05) is 30.3 Å². The average Bonchev–Trinajstić information content (AvgIpc) is 2.37. The summed E-state index contributed by atoms with van der Waals surface area (Å²) in [6.45, 7) is 1.54. The van der Waals surface area contributed by atoms with E-state index in [2.05, 4.69) is 10.6 Å². The van der Waals surface area contributed by atoms with Crippen LogP contribution in [0.1, 0.15) is 18.5 Å². The Kier molecular flexibility index (Phi) is 4.87. The lowest BCUT2D eigenvalue weighted by Crippen LogP contribution is -2.43. The highest BCUT2D eigenvalue weighted by atomic mass is 16.2. The fraction of sp³-hybridized carbons (Fsp3) is 0.250. The van der Waals surface area contributed by atoms with Crippen molar-refractivity contribution in [2.75, 3.05) is 0 Å². The average molecular weight is 234 g/mol. The highest BCUT2D eigenvalue weighted by Gasteiger charge is 2.17. The van der Waals surface area contributed by atoms with E-state index in [1.165, 1.54) is 6.92 Å². The van der Waals surface area contributed by atoms with Crippen LogP contribution < -0.4 is 10.6 Å². The van der Waals surface area contributed by atoms with Crippen molar-refractivity contribution < 1.29 is 14.4 Å². The van der Waals surface area contributed by atoms with Gasteiger partial charge in [-0.25, -0.2) is 0 Å². The lowest BCUT2D eigenvalue weighted by atomic mass is 10.1. The molecule has 0 fully saturated rings. The normalized spacial score (nSPS) is 13.2.